The van der Waals surface area contributed by atoms with Crippen LogP contribution in [0.3, 0.4) is 0 Å². The number of benzene rings is 3. The van der Waals surface area contributed by atoms with Gasteiger partial charge in [0, 0.05) is 61.4 Å². The fraction of sp³-hybridized carbons (Fsp3) is 0.457. The molecule has 0 radical (unpaired) electrons. The van der Waals surface area contributed by atoms with Crippen molar-refractivity contribution in [2.24, 2.45) is 5.92 Å². The third kappa shape index (κ3) is 6.47. The Balaban J connectivity index is 1.21. The van der Waals surface area contributed by atoms with Gasteiger partial charge in [0.05, 0.1) is 19.3 Å². The van der Waals surface area contributed by atoms with Gasteiger partial charge in [-0.2, -0.15) is 0 Å². The maximum Gasteiger partial charge on any atom is 0.229 e. The van der Waals surface area contributed by atoms with Gasteiger partial charge in [-0.05, 0) is 93.0 Å². The summed E-state index contributed by atoms with van der Waals surface area (Å²) in [6.45, 7) is 7.60. The minimum Gasteiger partial charge on any atom is -0.372 e. The molecule has 3 saturated heterocycles. The van der Waals surface area contributed by atoms with Crippen molar-refractivity contribution < 1.29 is 13.9 Å². The summed E-state index contributed by atoms with van der Waals surface area (Å²) in [5.41, 5.74) is 5.85. The van der Waals surface area contributed by atoms with Crippen LogP contribution in [0.25, 0.3) is 0 Å². The Morgan fingerprint density at radius 1 is 0.857 bits per heavy atom. The predicted octanol–water partition coefficient (Wildman–Crippen LogP) is 6.90. The van der Waals surface area contributed by atoms with Crippen molar-refractivity contribution in [3.05, 3.63) is 89.2 Å². The molecule has 0 saturated carbocycles. The Morgan fingerprint density at radius 2 is 1.55 bits per heavy atom. The molecule has 0 spiro atoms. The molecule has 3 heterocycles. The van der Waals surface area contributed by atoms with Gasteiger partial charge in [0.1, 0.15) is 5.82 Å². The highest BCUT2D eigenvalue weighted by Crippen LogP contribution is 2.38. The van der Waals surface area contributed by atoms with Crippen LogP contribution >= 0.6 is 0 Å². The van der Waals surface area contributed by atoms with E-state index in [9.17, 15) is 9.18 Å². The van der Waals surface area contributed by atoms with Crippen LogP contribution in [-0.4, -0.2) is 50.3 Å². The molecule has 1 amide bonds. The molecule has 1 N–H and O–H groups in total. The second-order valence-electron chi connectivity index (χ2n) is 12.0. The van der Waals surface area contributed by atoms with Gasteiger partial charge >= 0.3 is 0 Å². The lowest BCUT2D eigenvalue weighted by Gasteiger charge is -2.41. The van der Waals surface area contributed by atoms with Gasteiger partial charge < -0.3 is 19.9 Å². The van der Waals surface area contributed by atoms with Crippen molar-refractivity contribution >= 4 is 23.0 Å². The summed E-state index contributed by atoms with van der Waals surface area (Å²) in [6.07, 6.45) is 6.60. The molecule has 3 aromatic rings. The number of amides is 1. The van der Waals surface area contributed by atoms with Crippen LogP contribution in [0, 0.1) is 18.7 Å². The molecule has 6 rings (SSSR count). The number of aryl methyl sites for hydroxylation is 1. The van der Waals surface area contributed by atoms with Crippen LogP contribution in [0.5, 0.6) is 0 Å². The lowest BCUT2D eigenvalue weighted by molar-refractivity contribution is -0.126. The van der Waals surface area contributed by atoms with Crippen molar-refractivity contribution in [2.75, 3.05) is 54.6 Å². The topological polar surface area (TPSA) is 48.1 Å². The molecule has 7 heteroatoms. The van der Waals surface area contributed by atoms with Gasteiger partial charge in [-0.25, -0.2) is 4.39 Å². The minimum absolute atomic E-state index is 0.0387. The molecule has 3 aliphatic heterocycles. The summed E-state index contributed by atoms with van der Waals surface area (Å²) < 4.78 is 20.6. The van der Waals surface area contributed by atoms with Crippen molar-refractivity contribution in [1.29, 1.82) is 0 Å². The first-order valence-corrected chi connectivity index (χ1v) is 15.6. The summed E-state index contributed by atoms with van der Waals surface area (Å²) >= 11 is 0. The standard InChI is InChI=1S/C35H43FN4O2/c1-26-9-6-13-33(36)32(26)24-42-25-40-22-8-12-31(34(40)27-14-16-29(17-15-27)38-18-2-3-19-38)35(41)37-28-10-7-11-30(23-28)39-20-4-5-21-39/h6-7,9-11,13-17,23,31,34H,2-5,8,12,18-22,24-25H2,1H3,(H,37,41)/t31-,34-/m0/s1. The molecule has 6 nitrogen and oxygen atoms in total. The number of nitrogens with one attached hydrogen (secondary N) is 1. The Kier molecular flexibility index (Phi) is 9.06. The van der Waals surface area contributed by atoms with E-state index in [0.29, 0.717) is 12.3 Å². The van der Waals surface area contributed by atoms with Crippen LogP contribution in [0.4, 0.5) is 21.5 Å². The van der Waals surface area contributed by atoms with E-state index in [2.05, 4.69) is 56.4 Å². The Bertz CT molecular complexity index is 1330. The second kappa shape index (κ2) is 13.3. The predicted molar refractivity (Wildman–Crippen MR) is 167 cm³/mol. The number of anilines is 3. The highest BCUT2D eigenvalue weighted by molar-refractivity contribution is 5.93. The second-order valence-corrected chi connectivity index (χ2v) is 12.0. The Labute approximate surface area is 249 Å². The van der Waals surface area contributed by atoms with E-state index in [1.54, 1.807) is 6.07 Å². The number of rotatable bonds is 9. The Hall–Kier alpha value is -3.42. The van der Waals surface area contributed by atoms with Crippen molar-refractivity contribution in [3.63, 3.8) is 0 Å². The molecule has 0 unspecified atom stereocenters. The molecule has 0 bridgehead atoms. The quantitative estimate of drug-likeness (QED) is 0.303. The lowest BCUT2D eigenvalue weighted by Crippen LogP contribution is -2.44. The fourth-order valence-electron chi connectivity index (χ4n) is 6.89. The van der Waals surface area contributed by atoms with E-state index in [1.165, 1.54) is 43.1 Å². The van der Waals surface area contributed by atoms with Crippen LogP contribution in [0.1, 0.15) is 61.3 Å². The van der Waals surface area contributed by atoms with Gasteiger partial charge in [0.15, 0.2) is 0 Å². The molecule has 0 aliphatic carbocycles. The Morgan fingerprint density at radius 3 is 2.26 bits per heavy atom. The summed E-state index contributed by atoms with van der Waals surface area (Å²) in [4.78, 5) is 21.0. The summed E-state index contributed by atoms with van der Waals surface area (Å²) in [5, 5.41) is 3.26. The molecule has 3 aromatic carbocycles. The number of nitrogens with zero attached hydrogens (tertiary/aromatic N) is 3. The lowest BCUT2D eigenvalue weighted by atomic mass is 9.84. The number of ether oxygens (including phenoxy) is 1. The SMILES string of the molecule is Cc1cccc(F)c1COCN1CCC[C@H](C(=O)Nc2cccc(N3CCCC3)c2)[C@@H]1c1ccc(N2CCCC2)cc1. The zero-order valence-corrected chi connectivity index (χ0v) is 24.7. The number of carbonyl (C=O) groups is 1. The fourth-order valence-corrected chi connectivity index (χ4v) is 6.89. The first-order valence-electron chi connectivity index (χ1n) is 15.6. The van der Waals surface area contributed by atoms with Crippen molar-refractivity contribution in [3.8, 4) is 0 Å². The van der Waals surface area contributed by atoms with E-state index in [1.807, 2.05) is 25.1 Å². The third-order valence-corrected chi connectivity index (χ3v) is 9.22. The normalized spacial score (nSPS) is 21.2. The van der Waals surface area contributed by atoms with Crippen molar-refractivity contribution in [1.82, 2.24) is 4.90 Å². The van der Waals surface area contributed by atoms with Crippen LogP contribution in [0.15, 0.2) is 66.7 Å². The smallest absolute Gasteiger partial charge is 0.229 e. The van der Waals surface area contributed by atoms with Crippen LogP contribution in [0.2, 0.25) is 0 Å². The van der Waals surface area contributed by atoms with E-state index in [0.717, 1.165) is 62.4 Å². The van der Waals surface area contributed by atoms with Gasteiger partial charge in [-0.1, -0.05) is 30.3 Å². The zero-order chi connectivity index (χ0) is 28.9. The van der Waals surface area contributed by atoms with Crippen LogP contribution < -0.4 is 15.1 Å². The highest BCUT2D eigenvalue weighted by Gasteiger charge is 2.37. The summed E-state index contributed by atoms with van der Waals surface area (Å²) in [7, 11) is 0. The molecule has 222 valence electrons. The average Bonchev–Trinajstić information content (AvgIpc) is 3.74. The van der Waals surface area contributed by atoms with E-state index >= 15 is 0 Å². The van der Waals surface area contributed by atoms with Crippen LogP contribution in [-0.2, 0) is 16.1 Å². The maximum atomic E-state index is 14.5. The number of hydrogen-bond donors (Lipinski definition) is 1. The molecular weight excluding hydrogens is 527 g/mol. The van der Waals surface area contributed by atoms with E-state index < -0.39 is 0 Å². The minimum atomic E-state index is -0.240. The number of halogens is 1. The van der Waals surface area contributed by atoms with Gasteiger partial charge in [0.25, 0.3) is 0 Å². The van der Waals surface area contributed by atoms with Gasteiger partial charge in [-0.3, -0.25) is 9.69 Å². The molecule has 2 atom stereocenters. The largest absolute Gasteiger partial charge is 0.372 e. The highest BCUT2D eigenvalue weighted by atomic mass is 19.1. The monoisotopic (exact) mass is 570 g/mol. The van der Waals surface area contributed by atoms with Crippen molar-refractivity contribution in [2.45, 2.75) is 58.1 Å². The number of hydrogen-bond acceptors (Lipinski definition) is 5. The summed E-state index contributed by atoms with van der Waals surface area (Å²) in [6, 6.07) is 22.0. The van der Waals surface area contributed by atoms with E-state index in [4.69, 9.17) is 4.74 Å². The summed E-state index contributed by atoms with van der Waals surface area (Å²) in [5.74, 6) is -0.432. The molecular formula is C35H43FN4O2. The van der Waals surface area contributed by atoms with E-state index in [-0.39, 0.29) is 30.3 Å². The van der Waals surface area contributed by atoms with Gasteiger partial charge in [-0.15, -0.1) is 0 Å². The molecule has 0 aromatic heterocycles. The van der Waals surface area contributed by atoms with Gasteiger partial charge in [0.2, 0.25) is 5.91 Å². The maximum absolute atomic E-state index is 14.5. The molecule has 3 aliphatic rings. The third-order valence-electron chi connectivity index (χ3n) is 9.22. The molecule has 42 heavy (non-hydrogen) atoms. The number of carbonyl (C=O) groups excluding carboxylic acids is 1. The molecule has 3 fully saturated rings. The zero-order valence-electron chi connectivity index (χ0n) is 24.7. The first kappa shape index (κ1) is 28.7. The number of piperidine rings is 1. The number of likely N-dealkylation sites (tertiary alicyclic amines) is 1. The first-order chi connectivity index (χ1) is 20.6. The average molecular weight is 571 g/mol.